The van der Waals surface area contributed by atoms with Crippen LogP contribution in [0.2, 0.25) is 0 Å². The lowest BCUT2D eigenvalue weighted by Gasteiger charge is -2.16. The topological polar surface area (TPSA) is 88.7 Å². The Morgan fingerprint density at radius 1 is 0.535 bits per heavy atom. The molecule has 0 radical (unpaired) electrons. The van der Waals surface area contributed by atoms with E-state index >= 15 is 0 Å². The van der Waals surface area contributed by atoms with Gasteiger partial charge < -0.3 is 31.1 Å². The fourth-order valence-electron chi connectivity index (χ4n) is 4.94. The molecular weight excluding hydrogens is 536 g/mol. The maximum atomic E-state index is 12.3. The second-order valence-electron chi connectivity index (χ2n) is 11.8. The number of carbonyl (C=O) groups excluding carboxylic acids is 2. The second kappa shape index (κ2) is 22.4. The number of urea groups is 2. The number of amides is 4. The highest BCUT2D eigenvalue weighted by Crippen LogP contribution is 2.16. The summed E-state index contributed by atoms with van der Waals surface area (Å²) in [7, 11) is 4.30. The lowest BCUT2D eigenvalue weighted by atomic mass is 10.0. The van der Waals surface area contributed by atoms with Gasteiger partial charge in [0.1, 0.15) is 0 Å². The van der Waals surface area contributed by atoms with Gasteiger partial charge in [0.25, 0.3) is 0 Å². The summed E-state index contributed by atoms with van der Waals surface area (Å²) in [5.41, 5.74) is 3.86. The van der Waals surface area contributed by atoms with Crippen molar-refractivity contribution in [2.45, 2.75) is 84.5 Å². The van der Waals surface area contributed by atoms with Gasteiger partial charge in [0.05, 0.1) is 0 Å². The van der Waals surface area contributed by atoms with Crippen LogP contribution in [0.15, 0.2) is 48.5 Å². The Morgan fingerprint density at radius 3 is 1.28 bits per heavy atom. The van der Waals surface area contributed by atoms with E-state index in [-0.39, 0.29) is 12.1 Å². The van der Waals surface area contributed by atoms with Crippen LogP contribution in [0.1, 0.15) is 89.2 Å². The number of nitrogens with zero attached hydrogens (tertiary/aromatic N) is 2. The first-order valence-corrected chi connectivity index (χ1v) is 16.5. The molecule has 0 aliphatic carbocycles. The quantitative estimate of drug-likeness (QED) is 0.108. The van der Waals surface area contributed by atoms with Crippen molar-refractivity contribution in [3.8, 4) is 0 Å². The zero-order valence-electron chi connectivity index (χ0n) is 27.4. The molecule has 0 heterocycles. The minimum absolute atomic E-state index is 0.171. The van der Waals surface area contributed by atoms with E-state index < -0.39 is 0 Å². The number of benzene rings is 2. The number of anilines is 2. The number of rotatable bonds is 22. The summed E-state index contributed by atoms with van der Waals surface area (Å²) in [4.78, 5) is 29.2. The molecule has 0 aliphatic rings. The van der Waals surface area contributed by atoms with E-state index in [1.807, 2.05) is 48.5 Å². The minimum Gasteiger partial charge on any atom is -0.338 e. The molecule has 0 aliphatic heterocycles. The van der Waals surface area contributed by atoms with Gasteiger partial charge in [-0.25, -0.2) is 9.59 Å². The van der Waals surface area contributed by atoms with Crippen molar-refractivity contribution in [3.63, 3.8) is 0 Å². The van der Waals surface area contributed by atoms with Gasteiger partial charge in [0, 0.05) is 24.5 Å². The highest BCUT2D eigenvalue weighted by Gasteiger charge is 2.05. The van der Waals surface area contributed by atoms with E-state index in [9.17, 15) is 9.59 Å². The summed E-state index contributed by atoms with van der Waals surface area (Å²) >= 11 is 0. The molecule has 2 aromatic carbocycles. The first kappa shape index (κ1) is 36.1. The van der Waals surface area contributed by atoms with Crippen molar-refractivity contribution in [2.75, 3.05) is 64.0 Å². The normalized spacial score (nSPS) is 11.1. The van der Waals surface area contributed by atoms with Crippen LogP contribution in [0.5, 0.6) is 0 Å². The Kier molecular flexibility index (Phi) is 18.8. The zero-order valence-corrected chi connectivity index (χ0v) is 27.4. The summed E-state index contributed by atoms with van der Waals surface area (Å²) in [5.74, 6) is 0. The van der Waals surface area contributed by atoms with Crippen LogP contribution in [-0.2, 0) is 6.42 Å². The first-order chi connectivity index (χ1) is 20.9. The lowest BCUT2D eigenvalue weighted by molar-refractivity contribution is 0.250. The van der Waals surface area contributed by atoms with Gasteiger partial charge in [-0.2, -0.15) is 0 Å². The maximum absolute atomic E-state index is 12.3. The molecule has 0 spiro atoms. The van der Waals surface area contributed by atoms with Crippen LogP contribution in [0.25, 0.3) is 0 Å². The van der Waals surface area contributed by atoms with Gasteiger partial charge >= 0.3 is 12.1 Å². The van der Waals surface area contributed by atoms with Crippen molar-refractivity contribution >= 4 is 23.4 Å². The van der Waals surface area contributed by atoms with E-state index in [0.717, 1.165) is 67.9 Å². The Labute approximate surface area is 261 Å². The molecule has 2 aromatic rings. The molecular formula is C35H58N6O2. The van der Waals surface area contributed by atoms with E-state index in [4.69, 9.17) is 0 Å². The van der Waals surface area contributed by atoms with Crippen molar-refractivity contribution in [3.05, 3.63) is 59.7 Å². The average molecular weight is 595 g/mol. The zero-order chi connectivity index (χ0) is 31.1. The predicted octanol–water partition coefficient (Wildman–Crippen LogP) is 7.32. The second-order valence-corrected chi connectivity index (χ2v) is 11.8. The van der Waals surface area contributed by atoms with Gasteiger partial charge in [-0.3, -0.25) is 0 Å². The van der Waals surface area contributed by atoms with E-state index in [2.05, 4.69) is 59.0 Å². The van der Waals surface area contributed by atoms with Gasteiger partial charge in [-0.05, 0) is 108 Å². The summed E-state index contributed by atoms with van der Waals surface area (Å²) in [6, 6.07) is 15.5. The standard InChI is InChI=1S/C35H58N6O2/c1-5-7-9-11-25-40(3)27-13-23-36-34(42)38-32-19-15-30(16-20-32)29-31-17-21-33(22-18-31)39-35(43)37-24-14-28-41(4)26-12-10-8-6-2/h15-22H,5-14,23-29H2,1-4H3,(H2,36,38,42)(H2,37,39,43). The monoisotopic (exact) mass is 594 g/mol. The van der Waals surface area contributed by atoms with Crippen LogP contribution < -0.4 is 21.3 Å². The Hall–Kier alpha value is -3.10. The van der Waals surface area contributed by atoms with Gasteiger partial charge in [0.2, 0.25) is 0 Å². The molecule has 2 rings (SSSR count). The summed E-state index contributed by atoms with van der Waals surface area (Å²) < 4.78 is 0. The Bertz CT molecular complexity index is 930. The highest BCUT2D eigenvalue weighted by atomic mass is 16.2. The third-order valence-electron chi connectivity index (χ3n) is 7.62. The summed E-state index contributed by atoms with van der Waals surface area (Å²) in [5, 5.41) is 11.7. The number of unbranched alkanes of at least 4 members (excludes halogenated alkanes) is 6. The van der Waals surface area contributed by atoms with Crippen LogP contribution in [0, 0.1) is 0 Å². The molecule has 4 amide bonds. The predicted molar refractivity (Wildman–Crippen MR) is 182 cm³/mol. The summed E-state index contributed by atoms with van der Waals surface area (Å²) in [6.45, 7) is 10.00. The maximum Gasteiger partial charge on any atom is 0.319 e. The van der Waals surface area contributed by atoms with Gasteiger partial charge in [-0.15, -0.1) is 0 Å². The number of carbonyl (C=O) groups is 2. The van der Waals surface area contributed by atoms with Crippen LogP contribution >= 0.6 is 0 Å². The molecule has 4 N–H and O–H groups in total. The van der Waals surface area contributed by atoms with Crippen molar-refractivity contribution in [1.29, 1.82) is 0 Å². The van der Waals surface area contributed by atoms with Gasteiger partial charge in [-0.1, -0.05) is 76.6 Å². The lowest BCUT2D eigenvalue weighted by Crippen LogP contribution is -2.31. The Morgan fingerprint density at radius 2 is 0.907 bits per heavy atom. The van der Waals surface area contributed by atoms with E-state index in [1.54, 1.807) is 0 Å². The van der Waals surface area contributed by atoms with E-state index in [1.165, 1.54) is 51.4 Å². The molecule has 0 saturated heterocycles. The van der Waals surface area contributed by atoms with Crippen molar-refractivity contribution in [1.82, 2.24) is 20.4 Å². The Balaban J connectivity index is 1.61. The highest BCUT2D eigenvalue weighted by molar-refractivity contribution is 5.89. The SMILES string of the molecule is CCCCCCN(C)CCCNC(=O)Nc1ccc(Cc2ccc(NC(=O)NCCCN(C)CCCCCC)cc2)cc1. The fraction of sp³-hybridized carbons (Fsp3) is 0.600. The number of hydrogen-bond acceptors (Lipinski definition) is 4. The third-order valence-corrected chi connectivity index (χ3v) is 7.62. The minimum atomic E-state index is -0.171. The smallest absolute Gasteiger partial charge is 0.319 e. The van der Waals surface area contributed by atoms with Crippen LogP contribution in [0.3, 0.4) is 0 Å². The number of nitrogens with one attached hydrogen (secondary N) is 4. The molecule has 0 saturated carbocycles. The van der Waals surface area contributed by atoms with Crippen LogP contribution in [0.4, 0.5) is 21.0 Å². The summed E-state index contributed by atoms with van der Waals surface area (Å²) in [6.07, 6.45) is 12.9. The van der Waals surface area contributed by atoms with Crippen LogP contribution in [-0.4, -0.2) is 75.2 Å². The number of hydrogen-bond donors (Lipinski definition) is 4. The molecule has 0 aromatic heterocycles. The molecule has 0 bridgehead atoms. The molecule has 0 fully saturated rings. The van der Waals surface area contributed by atoms with E-state index in [0.29, 0.717) is 13.1 Å². The molecule has 8 nitrogen and oxygen atoms in total. The third kappa shape index (κ3) is 17.6. The first-order valence-electron chi connectivity index (χ1n) is 16.5. The molecule has 0 unspecified atom stereocenters. The fourth-order valence-corrected chi connectivity index (χ4v) is 4.94. The average Bonchev–Trinajstić information content (AvgIpc) is 3.00. The largest absolute Gasteiger partial charge is 0.338 e. The van der Waals surface area contributed by atoms with Gasteiger partial charge in [0.15, 0.2) is 0 Å². The molecule has 0 atom stereocenters. The van der Waals surface area contributed by atoms with Crippen molar-refractivity contribution in [2.24, 2.45) is 0 Å². The molecule has 43 heavy (non-hydrogen) atoms. The molecule has 240 valence electrons. The molecule has 8 heteroatoms. The van der Waals surface area contributed by atoms with Crippen molar-refractivity contribution < 1.29 is 9.59 Å².